The van der Waals surface area contributed by atoms with E-state index in [0.29, 0.717) is 21.8 Å². The van der Waals surface area contributed by atoms with E-state index in [1.54, 1.807) is 18.2 Å². The number of aliphatic hydroxyl groups excluding tert-OH is 1. The lowest BCUT2D eigenvalue weighted by atomic mass is 10.3. The first-order chi connectivity index (χ1) is 10.1. The van der Waals surface area contributed by atoms with Crippen LogP contribution in [0.5, 0.6) is 5.75 Å². The molecule has 1 aromatic carbocycles. The van der Waals surface area contributed by atoms with Crippen molar-refractivity contribution >= 4 is 41.5 Å². The van der Waals surface area contributed by atoms with Gasteiger partial charge in [0.15, 0.2) is 0 Å². The minimum atomic E-state index is -0.815. The standard InChI is InChI=1S/C14H18Cl2N2O3.ClH/c15-11-2-1-3-12(14(11)16)21-8-10(19)6-18-13(20)7-17-9-4-5-9;/h1-3,9-10,17,19H,4-8H2,(H,18,20);1H. The molecule has 0 heterocycles. The molecule has 1 atom stereocenters. The smallest absolute Gasteiger partial charge is 0.234 e. The molecule has 1 aromatic rings. The molecule has 1 fully saturated rings. The van der Waals surface area contributed by atoms with Crippen molar-refractivity contribution in [3.63, 3.8) is 0 Å². The summed E-state index contributed by atoms with van der Waals surface area (Å²) in [6, 6.07) is 5.51. The second-order valence-corrected chi connectivity index (χ2v) is 5.76. The molecule has 1 saturated carbocycles. The molecule has 1 aliphatic carbocycles. The maximum Gasteiger partial charge on any atom is 0.234 e. The van der Waals surface area contributed by atoms with Crippen LogP contribution in [0.15, 0.2) is 18.2 Å². The number of halogens is 3. The van der Waals surface area contributed by atoms with Gasteiger partial charge in [0.05, 0.1) is 11.6 Å². The van der Waals surface area contributed by atoms with Crippen LogP contribution in [-0.2, 0) is 4.79 Å². The number of hydrogen-bond donors (Lipinski definition) is 3. The minimum Gasteiger partial charge on any atom is -0.489 e. The Kier molecular flexibility index (Phi) is 8.28. The van der Waals surface area contributed by atoms with Gasteiger partial charge in [-0.05, 0) is 25.0 Å². The van der Waals surface area contributed by atoms with Crippen molar-refractivity contribution in [1.29, 1.82) is 0 Å². The molecule has 8 heteroatoms. The zero-order valence-corrected chi connectivity index (χ0v) is 14.2. The average Bonchev–Trinajstić information content (AvgIpc) is 3.28. The number of benzene rings is 1. The highest BCUT2D eigenvalue weighted by molar-refractivity contribution is 6.42. The Labute approximate surface area is 145 Å². The fourth-order valence-corrected chi connectivity index (χ4v) is 2.01. The molecular formula is C14H19Cl3N2O3. The van der Waals surface area contributed by atoms with Crippen molar-refractivity contribution < 1.29 is 14.6 Å². The number of nitrogens with one attached hydrogen (secondary N) is 2. The van der Waals surface area contributed by atoms with Crippen LogP contribution >= 0.6 is 35.6 Å². The molecule has 2 rings (SSSR count). The van der Waals surface area contributed by atoms with Gasteiger partial charge in [0.25, 0.3) is 0 Å². The van der Waals surface area contributed by atoms with Crippen LogP contribution in [0.3, 0.4) is 0 Å². The highest BCUT2D eigenvalue weighted by Crippen LogP contribution is 2.31. The van der Waals surface area contributed by atoms with Gasteiger partial charge in [-0.2, -0.15) is 0 Å². The summed E-state index contributed by atoms with van der Waals surface area (Å²) in [5, 5.41) is 16.2. The van der Waals surface area contributed by atoms with Gasteiger partial charge < -0.3 is 20.5 Å². The highest BCUT2D eigenvalue weighted by Gasteiger charge is 2.21. The fraction of sp³-hybridized carbons (Fsp3) is 0.500. The maximum atomic E-state index is 11.5. The molecule has 3 N–H and O–H groups in total. The Bertz CT molecular complexity index is 498. The summed E-state index contributed by atoms with van der Waals surface area (Å²) in [5.41, 5.74) is 0. The normalized spacial score (nSPS) is 14.9. The number of carbonyl (C=O) groups is 1. The fourth-order valence-electron chi connectivity index (χ4n) is 1.66. The molecule has 124 valence electrons. The largest absolute Gasteiger partial charge is 0.489 e. The van der Waals surface area contributed by atoms with Gasteiger partial charge in [-0.25, -0.2) is 0 Å². The van der Waals surface area contributed by atoms with Crippen molar-refractivity contribution in [2.75, 3.05) is 19.7 Å². The quantitative estimate of drug-likeness (QED) is 0.656. The number of hydrogen-bond acceptors (Lipinski definition) is 4. The van der Waals surface area contributed by atoms with E-state index in [0.717, 1.165) is 12.8 Å². The second-order valence-electron chi connectivity index (χ2n) is 4.98. The Morgan fingerprint density at radius 2 is 2.14 bits per heavy atom. The number of amides is 1. The highest BCUT2D eigenvalue weighted by atomic mass is 35.5. The lowest BCUT2D eigenvalue weighted by Crippen LogP contribution is -2.40. The van der Waals surface area contributed by atoms with Gasteiger partial charge in [0, 0.05) is 12.6 Å². The van der Waals surface area contributed by atoms with Gasteiger partial charge >= 0.3 is 0 Å². The number of ether oxygens (including phenoxy) is 1. The lowest BCUT2D eigenvalue weighted by molar-refractivity contribution is -0.120. The van der Waals surface area contributed by atoms with Crippen molar-refractivity contribution in [1.82, 2.24) is 10.6 Å². The Balaban J connectivity index is 0.00000242. The first-order valence-electron chi connectivity index (χ1n) is 6.81. The summed E-state index contributed by atoms with van der Waals surface area (Å²) in [4.78, 5) is 11.5. The predicted octanol–water partition coefficient (Wildman–Crippen LogP) is 2.02. The van der Waals surface area contributed by atoms with Gasteiger partial charge in [-0.3, -0.25) is 4.79 Å². The van der Waals surface area contributed by atoms with Crippen molar-refractivity contribution in [2.45, 2.75) is 25.0 Å². The molecule has 5 nitrogen and oxygen atoms in total. The van der Waals surface area contributed by atoms with Crippen LogP contribution in [0.4, 0.5) is 0 Å². The molecular weight excluding hydrogens is 351 g/mol. The molecule has 0 spiro atoms. The van der Waals surface area contributed by atoms with Gasteiger partial charge in [-0.1, -0.05) is 29.3 Å². The Morgan fingerprint density at radius 1 is 1.41 bits per heavy atom. The van der Waals surface area contributed by atoms with E-state index in [9.17, 15) is 9.90 Å². The van der Waals surface area contributed by atoms with E-state index in [1.807, 2.05) is 0 Å². The summed E-state index contributed by atoms with van der Waals surface area (Å²) in [6.07, 6.45) is 1.44. The monoisotopic (exact) mass is 368 g/mol. The third-order valence-corrected chi connectivity index (χ3v) is 3.81. The minimum absolute atomic E-state index is 0. The molecule has 22 heavy (non-hydrogen) atoms. The van der Waals surface area contributed by atoms with E-state index < -0.39 is 6.10 Å². The zero-order chi connectivity index (χ0) is 15.2. The average molecular weight is 370 g/mol. The van der Waals surface area contributed by atoms with Crippen molar-refractivity contribution in [2.24, 2.45) is 0 Å². The molecule has 1 amide bonds. The van der Waals surface area contributed by atoms with Gasteiger partial charge in [-0.15, -0.1) is 12.4 Å². The van der Waals surface area contributed by atoms with Gasteiger partial charge in [0.1, 0.15) is 23.5 Å². The Hall–Kier alpha value is -0.720. The molecule has 0 bridgehead atoms. The van der Waals surface area contributed by atoms with E-state index >= 15 is 0 Å². The summed E-state index contributed by atoms with van der Waals surface area (Å²) < 4.78 is 5.39. The Morgan fingerprint density at radius 3 is 2.82 bits per heavy atom. The number of rotatable bonds is 8. The SMILES string of the molecule is Cl.O=C(CNC1CC1)NCC(O)COc1cccc(Cl)c1Cl. The third-order valence-electron chi connectivity index (χ3n) is 3.01. The van der Waals surface area contributed by atoms with E-state index in [4.69, 9.17) is 27.9 Å². The molecule has 0 radical (unpaired) electrons. The van der Waals surface area contributed by atoms with Crippen LogP contribution in [-0.4, -0.2) is 42.9 Å². The maximum absolute atomic E-state index is 11.5. The molecule has 1 aliphatic rings. The summed E-state index contributed by atoms with van der Waals surface area (Å²) in [5.74, 6) is 0.270. The number of carbonyl (C=O) groups excluding carboxylic acids is 1. The van der Waals surface area contributed by atoms with E-state index in [-0.39, 0.29) is 38.0 Å². The summed E-state index contributed by atoms with van der Waals surface area (Å²) >= 11 is 11.8. The van der Waals surface area contributed by atoms with E-state index in [1.165, 1.54) is 0 Å². The van der Waals surface area contributed by atoms with Crippen molar-refractivity contribution in [3.05, 3.63) is 28.2 Å². The second kappa shape index (κ2) is 9.43. The van der Waals surface area contributed by atoms with Crippen LogP contribution in [0.2, 0.25) is 10.0 Å². The molecule has 0 aliphatic heterocycles. The van der Waals surface area contributed by atoms with E-state index in [2.05, 4.69) is 10.6 Å². The zero-order valence-electron chi connectivity index (χ0n) is 11.9. The first-order valence-corrected chi connectivity index (χ1v) is 7.57. The van der Waals surface area contributed by atoms with Crippen LogP contribution in [0.25, 0.3) is 0 Å². The topological polar surface area (TPSA) is 70.6 Å². The van der Waals surface area contributed by atoms with Crippen LogP contribution in [0.1, 0.15) is 12.8 Å². The first kappa shape index (κ1) is 19.3. The third kappa shape index (κ3) is 6.58. The lowest BCUT2D eigenvalue weighted by Gasteiger charge is -2.14. The summed E-state index contributed by atoms with van der Waals surface area (Å²) in [6.45, 7) is 0.429. The molecule has 0 saturated heterocycles. The molecule has 1 unspecified atom stereocenters. The summed E-state index contributed by atoms with van der Waals surface area (Å²) in [7, 11) is 0. The predicted molar refractivity (Wildman–Crippen MR) is 89.2 cm³/mol. The molecule has 0 aromatic heterocycles. The van der Waals surface area contributed by atoms with Crippen molar-refractivity contribution in [3.8, 4) is 5.75 Å². The van der Waals surface area contributed by atoms with Gasteiger partial charge in [0.2, 0.25) is 5.91 Å². The van der Waals surface area contributed by atoms with Crippen LogP contribution < -0.4 is 15.4 Å². The van der Waals surface area contributed by atoms with Crippen LogP contribution in [0, 0.1) is 0 Å². The number of aliphatic hydroxyl groups is 1.